The van der Waals surface area contributed by atoms with Gasteiger partial charge in [-0.05, 0) is 47.6 Å². The van der Waals surface area contributed by atoms with Crippen molar-refractivity contribution in [3.8, 4) is 0 Å². The number of nitrogens with zero attached hydrogens (tertiary/aromatic N) is 2. The molecule has 0 unspecified atom stereocenters. The molecule has 3 aliphatic rings. The molecule has 3 heterocycles. The Bertz CT molecular complexity index is 496. The van der Waals surface area contributed by atoms with E-state index < -0.39 is 17.1 Å². The van der Waals surface area contributed by atoms with E-state index >= 15 is 0 Å². The van der Waals surface area contributed by atoms with Crippen LogP contribution in [0.1, 0.15) is 47.5 Å². The third-order valence-corrected chi connectivity index (χ3v) is 4.94. The van der Waals surface area contributed by atoms with Gasteiger partial charge in [0.2, 0.25) is 0 Å². The lowest BCUT2D eigenvalue weighted by atomic mass is 10.0. The molecule has 1 amide bonds. The van der Waals surface area contributed by atoms with Gasteiger partial charge in [0.25, 0.3) is 0 Å². The van der Waals surface area contributed by atoms with Crippen molar-refractivity contribution in [2.45, 2.75) is 70.6 Å². The molecule has 0 N–H and O–H groups in total. The van der Waals surface area contributed by atoms with Crippen molar-refractivity contribution in [1.82, 2.24) is 9.80 Å². The SMILES string of the molecule is CC(C)(C)OC(=O)N1[C@@H](CN2CCCC3(C2)OCCO3)COC1(C)C. The first-order valence-corrected chi connectivity index (χ1v) is 9.27. The van der Waals surface area contributed by atoms with Crippen molar-refractivity contribution in [3.63, 3.8) is 0 Å². The Balaban J connectivity index is 1.66. The van der Waals surface area contributed by atoms with Crippen LogP contribution >= 0.6 is 0 Å². The van der Waals surface area contributed by atoms with E-state index in [1.165, 1.54) is 0 Å². The highest BCUT2D eigenvalue weighted by Crippen LogP contribution is 2.33. The molecule has 0 radical (unpaired) electrons. The van der Waals surface area contributed by atoms with Crippen LogP contribution in [-0.2, 0) is 18.9 Å². The van der Waals surface area contributed by atoms with E-state index in [4.69, 9.17) is 18.9 Å². The van der Waals surface area contributed by atoms with E-state index in [2.05, 4.69) is 4.90 Å². The summed E-state index contributed by atoms with van der Waals surface area (Å²) in [5.74, 6) is -0.454. The van der Waals surface area contributed by atoms with Gasteiger partial charge in [-0.3, -0.25) is 9.80 Å². The molecular weight excluding hydrogens is 324 g/mol. The Morgan fingerprint density at radius 1 is 1.20 bits per heavy atom. The topological polar surface area (TPSA) is 60.5 Å². The summed E-state index contributed by atoms with van der Waals surface area (Å²) in [4.78, 5) is 16.8. The zero-order chi connectivity index (χ0) is 18.3. The van der Waals surface area contributed by atoms with Gasteiger partial charge in [-0.1, -0.05) is 0 Å². The minimum Gasteiger partial charge on any atom is -0.444 e. The van der Waals surface area contributed by atoms with Crippen LogP contribution in [0.2, 0.25) is 0 Å². The van der Waals surface area contributed by atoms with Gasteiger partial charge in [0, 0.05) is 13.0 Å². The molecule has 7 heteroatoms. The maximum Gasteiger partial charge on any atom is 0.412 e. The quantitative estimate of drug-likeness (QED) is 0.756. The average molecular weight is 356 g/mol. The highest BCUT2D eigenvalue weighted by atomic mass is 16.7. The Morgan fingerprint density at radius 3 is 2.52 bits per heavy atom. The van der Waals surface area contributed by atoms with E-state index in [1.54, 1.807) is 4.90 Å². The molecule has 0 aromatic heterocycles. The largest absolute Gasteiger partial charge is 0.444 e. The van der Waals surface area contributed by atoms with Crippen LogP contribution < -0.4 is 0 Å². The zero-order valence-electron chi connectivity index (χ0n) is 16.2. The highest BCUT2D eigenvalue weighted by molar-refractivity contribution is 5.69. The minimum atomic E-state index is -0.666. The monoisotopic (exact) mass is 356 g/mol. The molecule has 0 saturated carbocycles. The minimum absolute atomic E-state index is 0.0404. The predicted octanol–water partition coefficient (Wildman–Crippen LogP) is 2.20. The molecule has 25 heavy (non-hydrogen) atoms. The maximum absolute atomic E-state index is 12.7. The summed E-state index contributed by atoms with van der Waals surface area (Å²) in [6, 6.07) is -0.0404. The molecule has 3 fully saturated rings. The van der Waals surface area contributed by atoms with Gasteiger partial charge in [0.05, 0.1) is 32.4 Å². The van der Waals surface area contributed by atoms with Crippen molar-refractivity contribution in [2.24, 2.45) is 0 Å². The fraction of sp³-hybridized carbons (Fsp3) is 0.944. The number of likely N-dealkylation sites (tertiary alicyclic amines) is 1. The van der Waals surface area contributed by atoms with Gasteiger partial charge in [0.1, 0.15) is 11.3 Å². The van der Waals surface area contributed by atoms with Crippen molar-refractivity contribution in [1.29, 1.82) is 0 Å². The standard InChI is InChI=1S/C18H32N2O5/c1-16(2,3)25-15(21)20-14(12-24-17(20,4)5)11-19-8-6-7-18(13-19)22-9-10-23-18/h14H,6-13H2,1-5H3/t14-/m0/s1. The van der Waals surface area contributed by atoms with Crippen molar-refractivity contribution in [2.75, 3.05) is 39.5 Å². The fourth-order valence-electron chi connectivity index (χ4n) is 3.96. The van der Waals surface area contributed by atoms with Crippen LogP contribution in [0.25, 0.3) is 0 Å². The fourth-order valence-corrected chi connectivity index (χ4v) is 3.96. The van der Waals surface area contributed by atoms with Crippen LogP contribution in [0.3, 0.4) is 0 Å². The smallest absolute Gasteiger partial charge is 0.412 e. The molecule has 0 bridgehead atoms. The molecule has 0 aromatic rings. The van der Waals surface area contributed by atoms with E-state index in [9.17, 15) is 4.79 Å². The van der Waals surface area contributed by atoms with Crippen LogP contribution in [0.5, 0.6) is 0 Å². The van der Waals surface area contributed by atoms with E-state index in [-0.39, 0.29) is 12.1 Å². The van der Waals surface area contributed by atoms with Crippen molar-refractivity contribution in [3.05, 3.63) is 0 Å². The number of piperidine rings is 1. The van der Waals surface area contributed by atoms with Gasteiger partial charge >= 0.3 is 6.09 Å². The number of carbonyl (C=O) groups excluding carboxylic acids is 1. The molecule has 7 nitrogen and oxygen atoms in total. The van der Waals surface area contributed by atoms with Gasteiger partial charge in [0.15, 0.2) is 5.79 Å². The Hall–Kier alpha value is -0.890. The zero-order valence-corrected chi connectivity index (χ0v) is 16.2. The van der Waals surface area contributed by atoms with Crippen LogP contribution in [0.15, 0.2) is 0 Å². The molecule has 0 aromatic carbocycles. The number of hydrogen-bond donors (Lipinski definition) is 0. The second kappa shape index (κ2) is 6.68. The van der Waals surface area contributed by atoms with E-state index in [0.29, 0.717) is 19.8 Å². The third-order valence-electron chi connectivity index (χ3n) is 4.94. The highest BCUT2D eigenvalue weighted by Gasteiger charge is 2.48. The number of hydrogen-bond acceptors (Lipinski definition) is 6. The van der Waals surface area contributed by atoms with Gasteiger partial charge < -0.3 is 18.9 Å². The summed E-state index contributed by atoms with van der Waals surface area (Å²) in [6.45, 7) is 13.8. The normalized spacial score (nSPS) is 29.3. The molecule has 3 rings (SSSR count). The van der Waals surface area contributed by atoms with E-state index in [0.717, 1.165) is 32.5 Å². The van der Waals surface area contributed by atoms with Gasteiger partial charge in [-0.15, -0.1) is 0 Å². The van der Waals surface area contributed by atoms with Crippen LogP contribution in [0, 0.1) is 0 Å². The second-order valence-electron chi connectivity index (χ2n) is 8.71. The average Bonchev–Trinajstić information content (AvgIpc) is 3.02. The lowest BCUT2D eigenvalue weighted by Crippen LogP contribution is -2.56. The predicted molar refractivity (Wildman–Crippen MR) is 92.2 cm³/mol. The first kappa shape index (κ1) is 18.9. The lowest BCUT2D eigenvalue weighted by Gasteiger charge is -2.41. The third kappa shape index (κ3) is 4.27. The van der Waals surface area contributed by atoms with E-state index in [1.807, 2.05) is 34.6 Å². The molecular formula is C18H32N2O5. The lowest BCUT2D eigenvalue weighted by molar-refractivity contribution is -0.190. The Morgan fingerprint density at radius 2 is 1.88 bits per heavy atom. The summed E-state index contributed by atoms with van der Waals surface area (Å²) < 4.78 is 23.2. The number of carbonyl (C=O) groups is 1. The Labute approximate surface area is 150 Å². The van der Waals surface area contributed by atoms with Crippen LogP contribution in [-0.4, -0.2) is 78.5 Å². The Kier molecular flexibility index (Phi) is 5.05. The molecule has 0 aliphatic carbocycles. The summed E-state index contributed by atoms with van der Waals surface area (Å²) in [5, 5.41) is 0. The van der Waals surface area contributed by atoms with Crippen molar-refractivity contribution < 1.29 is 23.7 Å². The number of ether oxygens (including phenoxy) is 4. The number of amides is 1. The molecule has 3 aliphatic heterocycles. The first-order chi connectivity index (χ1) is 11.6. The number of rotatable bonds is 2. The summed E-state index contributed by atoms with van der Waals surface area (Å²) >= 11 is 0. The van der Waals surface area contributed by atoms with Crippen molar-refractivity contribution >= 4 is 6.09 Å². The maximum atomic E-state index is 12.7. The molecule has 3 saturated heterocycles. The molecule has 1 spiro atoms. The summed E-state index contributed by atoms with van der Waals surface area (Å²) in [5.41, 5.74) is -1.19. The first-order valence-electron chi connectivity index (χ1n) is 9.27. The molecule has 144 valence electrons. The van der Waals surface area contributed by atoms with Gasteiger partial charge in [-0.25, -0.2) is 4.79 Å². The molecule has 1 atom stereocenters. The second-order valence-corrected chi connectivity index (χ2v) is 8.71. The summed E-state index contributed by atoms with van der Waals surface area (Å²) in [6.07, 6.45) is 1.65. The van der Waals surface area contributed by atoms with Crippen LogP contribution in [0.4, 0.5) is 4.79 Å². The van der Waals surface area contributed by atoms with Gasteiger partial charge in [-0.2, -0.15) is 0 Å². The summed E-state index contributed by atoms with van der Waals surface area (Å²) in [7, 11) is 0.